The topological polar surface area (TPSA) is 3.24 Å². The lowest BCUT2D eigenvalue weighted by atomic mass is 10.0. The van der Waals surface area contributed by atoms with E-state index in [9.17, 15) is 0 Å². The van der Waals surface area contributed by atoms with Gasteiger partial charge in [0, 0.05) is 19.3 Å². The average Bonchev–Trinajstić information content (AvgIpc) is 2.21. The first kappa shape index (κ1) is 16.5. The Kier molecular flexibility index (Phi) is 9.30. The molecule has 0 aliphatic heterocycles. The van der Waals surface area contributed by atoms with E-state index in [1.807, 2.05) is 0 Å². The molecule has 0 amide bonds. The Bertz CT molecular complexity index is 194. The minimum atomic E-state index is 0.725. The third-order valence-electron chi connectivity index (χ3n) is 3.18. The van der Waals surface area contributed by atoms with Crippen LogP contribution in [0.2, 0.25) is 0 Å². The first-order valence-corrected chi connectivity index (χ1v) is 7.32. The van der Waals surface area contributed by atoms with Gasteiger partial charge >= 0.3 is 0 Å². The third-order valence-corrected chi connectivity index (χ3v) is 3.18. The van der Waals surface area contributed by atoms with Crippen LogP contribution in [0.1, 0.15) is 66.2 Å². The number of rotatable bonds is 10. The maximum atomic E-state index is 4.18. The number of nitrogens with zero attached hydrogens (tertiary/aromatic N) is 1. The Labute approximate surface area is 109 Å². The lowest BCUT2D eigenvalue weighted by Crippen LogP contribution is -2.22. The molecule has 0 aromatic heterocycles. The highest BCUT2D eigenvalue weighted by atomic mass is 15.1. The Morgan fingerprint density at radius 1 is 0.941 bits per heavy atom. The van der Waals surface area contributed by atoms with E-state index in [1.54, 1.807) is 0 Å². The van der Waals surface area contributed by atoms with Gasteiger partial charge in [0.1, 0.15) is 0 Å². The van der Waals surface area contributed by atoms with Gasteiger partial charge in [0.2, 0.25) is 0 Å². The van der Waals surface area contributed by atoms with Crippen molar-refractivity contribution in [1.29, 1.82) is 0 Å². The van der Waals surface area contributed by atoms with Crippen LogP contribution >= 0.6 is 0 Å². The van der Waals surface area contributed by atoms with Crippen LogP contribution in [-0.4, -0.2) is 18.5 Å². The first-order chi connectivity index (χ1) is 7.93. The molecule has 0 aliphatic rings. The van der Waals surface area contributed by atoms with Crippen LogP contribution in [0.15, 0.2) is 12.3 Å². The van der Waals surface area contributed by atoms with Crippen LogP contribution in [0, 0.1) is 11.8 Å². The van der Waals surface area contributed by atoms with Gasteiger partial charge < -0.3 is 4.90 Å². The smallest absolute Gasteiger partial charge is 0.0194 e. The third kappa shape index (κ3) is 10.4. The number of allylic oxidation sites excluding steroid dienone is 1. The van der Waals surface area contributed by atoms with Gasteiger partial charge in [-0.2, -0.15) is 0 Å². The van der Waals surface area contributed by atoms with Gasteiger partial charge in [0.25, 0.3) is 0 Å². The summed E-state index contributed by atoms with van der Waals surface area (Å²) in [6, 6.07) is 0. The summed E-state index contributed by atoms with van der Waals surface area (Å²) < 4.78 is 0. The fourth-order valence-corrected chi connectivity index (χ4v) is 2.10. The van der Waals surface area contributed by atoms with Crippen molar-refractivity contribution in [3.05, 3.63) is 12.3 Å². The highest BCUT2D eigenvalue weighted by Crippen LogP contribution is 2.14. The van der Waals surface area contributed by atoms with Crippen molar-refractivity contribution in [3.8, 4) is 0 Å². The van der Waals surface area contributed by atoms with Gasteiger partial charge in [-0.1, -0.05) is 60.0 Å². The van der Waals surface area contributed by atoms with Crippen molar-refractivity contribution in [1.82, 2.24) is 4.90 Å². The molecule has 0 bridgehead atoms. The Hall–Kier alpha value is -0.460. The number of unbranched alkanes of at least 4 members (excludes halogenated alkanes) is 3. The summed E-state index contributed by atoms with van der Waals surface area (Å²) in [6.07, 6.45) is 8.01. The molecule has 0 aromatic rings. The van der Waals surface area contributed by atoms with E-state index >= 15 is 0 Å². The summed E-state index contributed by atoms with van der Waals surface area (Å²) in [5, 5.41) is 0. The lowest BCUT2D eigenvalue weighted by molar-refractivity contribution is 0.348. The summed E-state index contributed by atoms with van der Waals surface area (Å²) in [6.45, 7) is 14.4. The zero-order valence-electron chi connectivity index (χ0n) is 12.8. The van der Waals surface area contributed by atoms with Crippen molar-refractivity contribution in [3.63, 3.8) is 0 Å². The molecule has 0 saturated heterocycles. The Balaban J connectivity index is 3.45. The van der Waals surface area contributed by atoms with Crippen LogP contribution in [-0.2, 0) is 0 Å². The van der Waals surface area contributed by atoms with Gasteiger partial charge in [0.05, 0.1) is 0 Å². The zero-order chi connectivity index (χ0) is 13.3. The fourth-order valence-electron chi connectivity index (χ4n) is 2.10. The second kappa shape index (κ2) is 9.56. The molecule has 0 N–H and O–H groups in total. The average molecular weight is 239 g/mol. The Morgan fingerprint density at radius 2 is 1.53 bits per heavy atom. The zero-order valence-corrected chi connectivity index (χ0v) is 12.8. The number of hydrogen-bond donors (Lipinski definition) is 0. The van der Waals surface area contributed by atoms with Crippen LogP contribution in [0.25, 0.3) is 0 Å². The predicted octanol–water partition coefficient (Wildman–Crippen LogP) is 5.08. The van der Waals surface area contributed by atoms with Gasteiger partial charge in [0.15, 0.2) is 0 Å². The molecule has 1 nitrogen and oxygen atoms in total. The SMILES string of the molecule is C=C(CCCCCCC(C)C)N(C)CC(C)C. The molecule has 0 rings (SSSR count). The molecule has 102 valence electrons. The highest BCUT2D eigenvalue weighted by Gasteiger charge is 2.04. The summed E-state index contributed by atoms with van der Waals surface area (Å²) in [5.74, 6) is 1.59. The molecule has 0 saturated carbocycles. The van der Waals surface area contributed by atoms with Crippen molar-refractivity contribution >= 4 is 0 Å². The number of hydrogen-bond acceptors (Lipinski definition) is 1. The molecule has 0 fully saturated rings. The monoisotopic (exact) mass is 239 g/mol. The van der Waals surface area contributed by atoms with E-state index in [1.165, 1.54) is 44.2 Å². The van der Waals surface area contributed by atoms with Crippen LogP contribution < -0.4 is 0 Å². The summed E-state index contributed by atoms with van der Waals surface area (Å²) in [7, 11) is 2.17. The molecule has 0 aromatic carbocycles. The van der Waals surface area contributed by atoms with E-state index in [2.05, 4.69) is 46.2 Å². The van der Waals surface area contributed by atoms with E-state index in [0.29, 0.717) is 0 Å². The molecule has 0 aliphatic carbocycles. The van der Waals surface area contributed by atoms with Crippen molar-refractivity contribution in [2.75, 3.05) is 13.6 Å². The standard InChI is InChI=1S/C16H33N/c1-14(2)11-9-7-8-10-12-16(5)17(6)13-15(3)4/h14-15H,5,7-13H2,1-4,6H3. The molecule has 0 spiro atoms. The molecular formula is C16H33N. The van der Waals surface area contributed by atoms with Gasteiger partial charge in [-0.25, -0.2) is 0 Å². The minimum Gasteiger partial charge on any atom is -0.378 e. The van der Waals surface area contributed by atoms with Gasteiger partial charge in [-0.15, -0.1) is 0 Å². The van der Waals surface area contributed by atoms with Crippen molar-refractivity contribution in [2.24, 2.45) is 11.8 Å². The fraction of sp³-hybridized carbons (Fsp3) is 0.875. The predicted molar refractivity (Wildman–Crippen MR) is 79.1 cm³/mol. The van der Waals surface area contributed by atoms with Crippen molar-refractivity contribution in [2.45, 2.75) is 66.2 Å². The molecular weight excluding hydrogens is 206 g/mol. The summed E-state index contributed by atoms with van der Waals surface area (Å²) >= 11 is 0. The maximum Gasteiger partial charge on any atom is 0.0194 e. The molecule has 0 atom stereocenters. The molecule has 0 heterocycles. The van der Waals surface area contributed by atoms with E-state index in [-0.39, 0.29) is 0 Å². The largest absolute Gasteiger partial charge is 0.378 e. The van der Waals surface area contributed by atoms with Crippen LogP contribution in [0.4, 0.5) is 0 Å². The van der Waals surface area contributed by atoms with Crippen LogP contribution in [0.3, 0.4) is 0 Å². The van der Waals surface area contributed by atoms with E-state index in [0.717, 1.165) is 18.4 Å². The second-order valence-corrected chi connectivity index (χ2v) is 6.19. The van der Waals surface area contributed by atoms with Gasteiger partial charge in [-0.3, -0.25) is 0 Å². The normalized spacial score (nSPS) is 11.2. The van der Waals surface area contributed by atoms with Crippen LogP contribution in [0.5, 0.6) is 0 Å². The summed E-state index contributed by atoms with van der Waals surface area (Å²) in [5.41, 5.74) is 1.31. The lowest BCUT2D eigenvalue weighted by Gasteiger charge is -2.23. The molecule has 17 heavy (non-hydrogen) atoms. The maximum absolute atomic E-state index is 4.18. The minimum absolute atomic E-state index is 0.725. The quantitative estimate of drug-likeness (QED) is 0.480. The highest BCUT2D eigenvalue weighted by molar-refractivity contribution is 4.92. The van der Waals surface area contributed by atoms with E-state index in [4.69, 9.17) is 0 Å². The molecule has 1 heteroatoms. The molecule has 0 unspecified atom stereocenters. The molecule has 0 radical (unpaired) electrons. The van der Waals surface area contributed by atoms with Crippen molar-refractivity contribution < 1.29 is 0 Å². The summed E-state index contributed by atoms with van der Waals surface area (Å²) in [4.78, 5) is 2.32. The first-order valence-electron chi connectivity index (χ1n) is 7.32. The van der Waals surface area contributed by atoms with Gasteiger partial charge in [-0.05, 0) is 24.7 Å². The second-order valence-electron chi connectivity index (χ2n) is 6.19. The van der Waals surface area contributed by atoms with E-state index < -0.39 is 0 Å². The Morgan fingerprint density at radius 3 is 2.06 bits per heavy atom.